The number of hydrazine groups is 1. The SMILES string of the molecule is NNC(=O)c1ccc(Oc2ccc(C3SCCS3)cc2)o1. The van der Waals surface area contributed by atoms with Crippen molar-refractivity contribution in [3.63, 3.8) is 0 Å². The maximum atomic E-state index is 11.3. The lowest BCUT2D eigenvalue weighted by Crippen LogP contribution is -2.29. The molecule has 1 aliphatic heterocycles. The van der Waals surface area contributed by atoms with Crippen LogP contribution in [-0.2, 0) is 0 Å². The molecular formula is C14H14N2O3S2. The predicted molar refractivity (Wildman–Crippen MR) is 84.5 cm³/mol. The molecule has 2 aromatic rings. The van der Waals surface area contributed by atoms with Gasteiger partial charge in [0.05, 0.1) is 4.58 Å². The van der Waals surface area contributed by atoms with Gasteiger partial charge in [-0.25, -0.2) is 5.84 Å². The number of carbonyl (C=O) groups is 1. The van der Waals surface area contributed by atoms with Crippen LogP contribution in [-0.4, -0.2) is 17.4 Å². The Labute approximate surface area is 130 Å². The third-order valence-corrected chi connectivity index (χ3v) is 6.03. The van der Waals surface area contributed by atoms with Crippen LogP contribution in [0.1, 0.15) is 20.7 Å². The van der Waals surface area contributed by atoms with Gasteiger partial charge in [-0.05, 0) is 23.8 Å². The maximum absolute atomic E-state index is 11.3. The number of nitrogens with two attached hydrogens (primary N) is 1. The van der Waals surface area contributed by atoms with E-state index in [0.29, 0.717) is 10.3 Å². The third kappa shape index (κ3) is 3.37. The average Bonchev–Trinajstić information content (AvgIpc) is 3.18. The van der Waals surface area contributed by atoms with Crippen molar-refractivity contribution in [2.45, 2.75) is 4.58 Å². The van der Waals surface area contributed by atoms with Gasteiger partial charge in [0.2, 0.25) is 0 Å². The molecule has 0 unspecified atom stereocenters. The summed E-state index contributed by atoms with van der Waals surface area (Å²) in [7, 11) is 0. The number of nitrogens with one attached hydrogen (secondary N) is 1. The highest BCUT2D eigenvalue weighted by atomic mass is 32.2. The average molecular weight is 322 g/mol. The number of carbonyl (C=O) groups excluding carboxylic acids is 1. The molecule has 0 aliphatic carbocycles. The lowest BCUT2D eigenvalue weighted by Gasteiger charge is -2.09. The molecule has 1 aromatic heterocycles. The van der Waals surface area contributed by atoms with Gasteiger partial charge in [0.15, 0.2) is 5.76 Å². The van der Waals surface area contributed by atoms with E-state index in [0.717, 1.165) is 0 Å². The fourth-order valence-electron chi connectivity index (χ4n) is 1.93. The van der Waals surface area contributed by atoms with Crippen molar-refractivity contribution >= 4 is 29.4 Å². The standard InChI is InChI=1S/C14H14N2O3S2/c15-16-13(17)11-5-6-12(19-11)18-10-3-1-9(2-4-10)14-20-7-8-21-14/h1-6,14H,7-8,15H2,(H,16,17). The molecule has 0 spiro atoms. The summed E-state index contributed by atoms with van der Waals surface area (Å²) in [6, 6.07) is 11.0. The van der Waals surface area contributed by atoms with Crippen LogP contribution in [0.4, 0.5) is 0 Å². The lowest BCUT2D eigenvalue weighted by atomic mass is 10.2. The van der Waals surface area contributed by atoms with Crippen LogP contribution in [0.2, 0.25) is 0 Å². The van der Waals surface area contributed by atoms with E-state index in [1.165, 1.54) is 23.1 Å². The summed E-state index contributed by atoms with van der Waals surface area (Å²) in [5.41, 5.74) is 3.29. The number of rotatable bonds is 4. The Kier molecular flexibility index (Phi) is 4.42. The second-order valence-electron chi connectivity index (χ2n) is 4.34. The summed E-state index contributed by atoms with van der Waals surface area (Å²) in [5, 5.41) is 0. The molecule has 0 saturated carbocycles. The minimum absolute atomic E-state index is 0.114. The molecule has 1 aromatic carbocycles. The van der Waals surface area contributed by atoms with Gasteiger partial charge in [0, 0.05) is 17.6 Å². The topological polar surface area (TPSA) is 77.5 Å². The highest BCUT2D eigenvalue weighted by Crippen LogP contribution is 2.45. The van der Waals surface area contributed by atoms with Gasteiger partial charge >= 0.3 is 5.91 Å². The van der Waals surface area contributed by atoms with E-state index in [2.05, 4.69) is 12.1 Å². The molecule has 110 valence electrons. The summed E-state index contributed by atoms with van der Waals surface area (Å²) in [6.07, 6.45) is 0. The summed E-state index contributed by atoms with van der Waals surface area (Å²) in [4.78, 5) is 11.3. The highest BCUT2D eigenvalue weighted by molar-refractivity contribution is 8.19. The van der Waals surface area contributed by atoms with Gasteiger partial charge in [-0.15, -0.1) is 23.5 Å². The Bertz CT molecular complexity index is 621. The maximum Gasteiger partial charge on any atom is 0.301 e. The quantitative estimate of drug-likeness (QED) is 0.511. The number of benzene rings is 1. The summed E-state index contributed by atoms with van der Waals surface area (Å²) >= 11 is 3.92. The Morgan fingerprint density at radius 3 is 2.57 bits per heavy atom. The molecule has 1 aliphatic rings. The third-order valence-electron chi connectivity index (χ3n) is 2.93. The molecule has 0 radical (unpaired) electrons. The number of furan rings is 1. The Morgan fingerprint density at radius 2 is 1.90 bits per heavy atom. The van der Waals surface area contributed by atoms with Gasteiger partial charge in [0.25, 0.3) is 5.95 Å². The van der Waals surface area contributed by atoms with Crippen molar-refractivity contribution in [1.82, 2.24) is 5.43 Å². The fraction of sp³-hybridized carbons (Fsp3) is 0.214. The number of hydrogen-bond acceptors (Lipinski definition) is 6. The zero-order chi connectivity index (χ0) is 14.7. The van der Waals surface area contributed by atoms with Crippen LogP contribution >= 0.6 is 23.5 Å². The van der Waals surface area contributed by atoms with Crippen LogP contribution in [0.3, 0.4) is 0 Å². The molecule has 7 heteroatoms. The van der Waals surface area contributed by atoms with Crippen molar-refractivity contribution in [2.75, 3.05) is 11.5 Å². The lowest BCUT2D eigenvalue weighted by molar-refractivity contribution is 0.0921. The molecule has 3 rings (SSSR count). The molecule has 1 fully saturated rings. The van der Waals surface area contributed by atoms with Crippen LogP contribution in [0.25, 0.3) is 0 Å². The second-order valence-corrected chi connectivity index (χ2v) is 7.06. The Balaban J connectivity index is 1.67. The number of nitrogen functional groups attached to an aromatic ring is 1. The molecule has 21 heavy (non-hydrogen) atoms. The van der Waals surface area contributed by atoms with E-state index in [1.807, 2.05) is 41.1 Å². The van der Waals surface area contributed by atoms with Crippen molar-refractivity contribution in [3.05, 3.63) is 47.7 Å². The minimum Gasteiger partial charge on any atom is -0.426 e. The second kappa shape index (κ2) is 6.46. The first-order valence-corrected chi connectivity index (χ1v) is 8.48. The summed E-state index contributed by atoms with van der Waals surface area (Å²) in [5.74, 6) is 7.99. The van der Waals surface area contributed by atoms with Crippen molar-refractivity contribution in [1.29, 1.82) is 0 Å². The molecular weight excluding hydrogens is 308 g/mol. The smallest absolute Gasteiger partial charge is 0.301 e. The van der Waals surface area contributed by atoms with E-state index in [4.69, 9.17) is 15.0 Å². The van der Waals surface area contributed by atoms with E-state index in [-0.39, 0.29) is 11.7 Å². The van der Waals surface area contributed by atoms with Crippen molar-refractivity contribution in [2.24, 2.45) is 5.84 Å². The first-order valence-electron chi connectivity index (χ1n) is 6.38. The molecule has 0 bridgehead atoms. The highest BCUT2D eigenvalue weighted by Gasteiger charge is 2.18. The number of hydrogen-bond donors (Lipinski definition) is 2. The van der Waals surface area contributed by atoms with E-state index in [9.17, 15) is 4.79 Å². The van der Waals surface area contributed by atoms with Gasteiger partial charge in [-0.1, -0.05) is 12.1 Å². The van der Waals surface area contributed by atoms with E-state index >= 15 is 0 Å². The molecule has 0 atom stereocenters. The minimum atomic E-state index is -0.490. The zero-order valence-corrected chi connectivity index (χ0v) is 12.7. The first-order chi connectivity index (χ1) is 10.3. The van der Waals surface area contributed by atoms with Crippen molar-refractivity contribution in [3.8, 4) is 11.7 Å². The van der Waals surface area contributed by atoms with Crippen LogP contribution in [0.5, 0.6) is 11.7 Å². The number of ether oxygens (including phenoxy) is 1. The summed E-state index contributed by atoms with van der Waals surface area (Å²) < 4.78 is 11.3. The summed E-state index contributed by atoms with van der Waals surface area (Å²) in [6.45, 7) is 0. The van der Waals surface area contributed by atoms with Gasteiger partial charge in [0.1, 0.15) is 5.75 Å². The van der Waals surface area contributed by atoms with E-state index in [1.54, 1.807) is 6.07 Å². The van der Waals surface area contributed by atoms with Gasteiger partial charge in [-0.2, -0.15) is 0 Å². The molecule has 1 saturated heterocycles. The Hall–Kier alpha value is -1.57. The Morgan fingerprint density at radius 1 is 1.19 bits per heavy atom. The first kappa shape index (κ1) is 14.4. The van der Waals surface area contributed by atoms with Crippen molar-refractivity contribution < 1.29 is 13.9 Å². The van der Waals surface area contributed by atoms with Crippen LogP contribution in [0.15, 0.2) is 40.8 Å². The zero-order valence-electron chi connectivity index (χ0n) is 11.1. The molecule has 1 amide bonds. The van der Waals surface area contributed by atoms with Gasteiger partial charge < -0.3 is 9.15 Å². The largest absolute Gasteiger partial charge is 0.426 e. The molecule has 2 heterocycles. The fourth-order valence-corrected chi connectivity index (χ4v) is 4.79. The number of amides is 1. The predicted octanol–water partition coefficient (Wildman–Crippen LogP) is 3.15. The van der Waals surface area contributed by atoms with Crippen LogP contribution in [0, 0.1) is 0 Å². The molecule has 5 nitrogen and oxygen atoms in total. The van der Waals surface area contributed by atoms with Gasteiger partial charge in [-0.3, -0.25) is 10.2 Å². The van der Waals surface area contributed by atoms with Crippen LogP contribution < -0.4 is 16.0 Å². The number of thioether (sulfide) groups is 2. The molecule has 3 N–H and O–H groups in total. The monoisotopic (exact) mass is 322 g/mol. The van der Waals surface area contributed by atoms with E-state index < -0.39 is 5.91 Å². The normalized spacial score (nSPS) is 15.1.